The van der Waals surface area contributed by atoms with Gasteiger partial charge in [0.15, 0.2) is 0 Å². The molecule has 3 rings (SSSR count). The summed E-state index contributed by atoms with van der Waals surface area (Å²) in [7, 11) is -9.75. The Labute approximate surface area is 167 Å². The van der Waals surface area contributed by atoms with Crippen LogP contribution >= 0.6 is 23.2 Å². The Morgan fingerprint density at radius 3 is 2.00 bits per heavy atom. The first-order valence-electron chi connectivity index (χ1n) is 6.95. The summed E-state index contributed by atoms with van der Waals surface area (Å²) in [5.74, 6) is -0.919. The minimum Gasteiger partial charge on any atom is -0.507 e. The highest BCUT2D eigenvalue weighted by Gasteiger charge is 2.24. The largest absolute Gasteiger partial charge is 0.507 e. The third-order valence-electron chi connectivity index (χ3n) is 3.42. The van der Waals surface area contributed by atoms with Crippen LogP contribution < -0.4 is 5.32 Å². The third-order valence-corrected chi connectivity index (χ3v) is 5.55. The molecule has 2 aromatic carbocycles. The normalized spacial score (nSPS) is 12.3. The zero-order chi connectivity index (χ0) is 20.9. The Hall–Kier alpha value is -2.29. The van der Waals surface area contributed by atoms with Crippen molar-refractivity contribution in [1.29, 1.82) is 0 Å². The Kier molecular flexibility index (Phi) is 5.07. The van der Waals surface area contributed by atoms with Gasteiger partial charge in [-0.15, -0.1) is 0 Å². The van der Waals surface area contributed by atoms with Gasteiger partial charge < -0.3 is 10.4 Å². The molecule has 3 aromatic rings. The Balaban J connectivity index is 2.35. The number of hydrogen-bond donors (Lipinski definition) is 4. The van der Waals surface area contributed by atoms with Crippen molar-refractivity contribution in [1.82, 2.24) is 15.0 Å². The van der Waals surface area contributed by atoms with Gasteiger partial charge in [0.2, 0.25) is 16.5 Å². The van der Waals surface area contributed by atoms with Crippen molar-refractivity contribution in [2.45, 2.75) is 9.79 Å². The molecule has 0 saturated carbocycles. The maximum atomic E-state index is 12.0. The van der Waals surface area contributed by atoms with Crippen LogP contribution in [0.2, 0.25) is 10.6 Å². The summed E-state index contributed by atoms with van der Waals surface area (Å²) >= 11 is 11.3. The lowest BCUT2D eigenvalue weighted by molar-refractivity contribution is 0.470. The fraction of sp³-hybridized carbons (Fsp3) is 0. The second kappa shape index (κ2) is 6.95. The third kappa shape index (κ3) is 4.09. The van der Waals surface area contributed by atoms with Crippen LogP contribution in [0.1, 0.15) is 0 Å². The number of aromatic hydroxyl groups is 1. The lowest BCUT2D eigenvalue weighted by Crippen LogP contribution is -2.07. The smallest absolute Gasteiger partial charge is 0.297 e. The van der Waals surface area contributed by atoms with Gasteiger partial charge in [0, 0.05) is 16.8 Å². The number of fused-ring (bicyclic) bond motifs is 1. The molecular formula is C13H8Cl2N4O7S2. The number of nitrogens with one attached hydrogen (secondary N) is 1. The van der Waals surface area contributed by atoms with Crippen LogP contribution in [0, 0.1) is 0 Å². The predicted molar refractivity (Wildman–Crippen MR) is 98.4 cm³/mol. The molecule has 0 aliphatic carbocycles. The van der Waals surface area contributed by atoms with Gasteiger partial charge in [-0.2, -0.15) is 31.8 Å². The summed E-state index contributed by atoms with van der Waals surface area (Å²) in [6, 6.07) is 3.89. The number of hydrogen-bond acceptors (Lipinski definition) is 9. The lowest BCUT2D eigenvalue weighted by Gasteiger charge is -2.13. The van der Waals surface area contributed by atoms with Gasteiger partial charge in [-0.1, -0.05) is 0 Å². The quantitative estimate of drug-likeness (QED) is 0.414. The van der Waals surface area contributed by atoms with E-state index in [-0.39, 0.29) is 27.6 Å². The van der Waals surface area contributed by atoms with E-state index in [1.807, 2.05) is 0 Å². The zero-order valence-electron chi connectivity index (χ0n) is 13.2. The molecule has 0 atom stereocenters. The van der Waals surface area contributed by atoms with E-state index < -0.39 is 41.2 Å². The molecule has 0 fully saturated rings. The van der Waals surface area contributed by atoms with E-state index in [9.17, 15) is 31.0 Å². The topological polar surface area (TPSA) is 180 Å². The molecule has 28 heavy (non-hydrogen) atoms. The van der Waals surface area contributed by atoms with E-state index in [1.54, 1.807) is 0 Å². The summed E-state index contributed by atoms with van der Waals surface area (Å²) < 4.78 is 65.6. The molecule has 148 valence electrons. The number of benzene rings is 2. The van der Waals surface area contributed by atoms with Crippen LogP contribution in [0.15, 0.2) is 34.1 Å². The highest BCUT2D eigenvalue weighted by atomic mass is 35.5. The van der Waals surface area contributed by atoms with Gasteiger partial charge in [-0.3, -0.25) is 9.11 Å². The van der Waals surface area contributed by atoms with Gasteiger partial charge in [-0.05, 0) is 41.4 Å². The number of anilines is 2. The van der Waals surface area contributed by atoms with E-state index in [0.717, 1.165) is 18.2 Å². The molecule has 4 N–H and O–H groups in total. The van der Waals surface area contributed by atoms with Crippen LogP contribution in [0.3, 0.4) is 0 Å². The maximum Gasteiger partial charge on any atom is 0.297 e. The SMILES string of the molecule is O=S(=O)(O)c1cc(O)c2ccc(Nc3nc(Cl)nc(Cl)n3)c(S(=O)(=O)O)c2c1. The second-order valence-electron chi connectivity index (χ2n) is 5.25. The van der Waals surface area contributed by atoms with E-state index in [1.165, 1.54) is 6.07 Å². The fourth-order valence-corrected chi connectivity index (χ4v) is 4.12. The first-order chi connectivity index (χ1) is 12.9. The van der Waals surface area contributed by atoms with Crippen LogP contribution in [0.25, 0.3) is 10.8 Å². The Bertz CT molecular complexity index is 1310. The maximum absolute atomic E-state index is 12.0. The summed E-state index contributed by atoms with van der Waals surface area (Å²) in [6.45, 7) is 0. The minimum absolute atomic E-state index is 0.114. The zero-order valence-corrected chi connectivity index (χ0v) is 16.3. The molecule has 0 bridgehead atoms. The average molecular weight is 467 g/mol. The molecule has 1 aromatic heterocycles. The fourth-order valence-electron chi connectivity index (χ4n) is 2.39. The summed E-state index contributed by atoms with van der Waals surface area (Å²) in [5.41, 5.74) is -0.291. The van der Waals surface area contributed by atoms with Crippen LogP contribution in [-0.2, 0) is 20.2 Å². The second-order valence-corrected chi connectivity index (χ2v) is 8.71. The Morgan fingerprint density at radius 2 is 1.46 bits per heavy atom. The number of aromatic nitrogens is 3. The predicted octanol–water partition coefficient (Wildman–Crippen LogP) is 2.27. The minimum atomic E-state index is -4.97. The highest BCUT2D eigenvalue weighted by molar-refractivity contribution is 7.86. The van der Waals surface area contributed by atoms with Gasteiger partial charge in [-0.25, -0.2) is 0 Å². The molecule has 15 heteroatoms. The standard InChI is InChI=1S/C13H8Cl2N4O7S2/c14-11-17-12(15)19-13(18-11)16-8-2-1-6-7(10(8)28(24,25)26)3-5(4-9(6)20)27(21,22)23/h1-4,20H,(H,21,22,23)(H,24,25,26)(H,16,17,18,19). The van der Waals surface area contributed by atoms with Gasteiger partial charge in [0.05, 0.1) is 10.6 Å². The first-order valence-corrected chi connectivity index (χ1v) is 10.6. The molecule has 0 aliphatic heterocycles. The van der Waals surface area contributed by atoms with E-state index in [4.69, 9.17) is 23.2 Å². The molecule has 11 nitrogen and oxygen atoms in total. The van der Waals surface area contributed by atoms with Gasteiger partial charge in [0.25, 0.3) is 20.2 Å². The number of halogens is 2. The molecule has 1 heterocycles. The lowest BCUT2D eigenvalue weighted by atomic mass is 10.1. The van der Waals surface area contributed by atoms with Crippen LogP contribution in [0.5, 0.6) is 5.75 Å². The molecular weight excluding hydrogens is 459 g/mol. The number of nitrogens with zero attached hydrogens (tertiary/aromatic N) is 3. The van der Waals surface area contributed by atoms with Crippen molar-refractivity contribution >= 4 is 65.8 Å². The molecule has 0 spiro atoms. The monoisotopic (exact) mass is 466 g/mol. The van der Waals surface area contributed by atoms with Crippen molar-refractivity contribution in [2.24, 2.45) is 0 Å². The van der Waals surface area contributed by atoms with Gasteiger partial charge >= 0.3 is 0 Å². The van der Waals surface area contributed by atoms with Gasteiger partial charge in [0.1, 0.15) is 10.6 Å². The van der Waals surface area contributed by atoms with Crippen LogP contribution in [-0.4, -0.2) is 46.0 Å². The molecule has 0 radical (unpaired) electrons. The van der Waals surface area contributed by atoms with E-state index >= 15 is 0 Å². The summed E-state index contributed by atoms with van der Waals surface area (Å²) in [4.78, 5) is 9.31. The molecule has 0 aliphatic rings. The van der Waals surface area contributed by atoms with Crippen LogP contribution in [0.4, 0.5) is 11.6 Å². The van der Waals surface area contributed by atoms with E-state index in [2.05, 4.69) is 20.3 Å². The van der Waals surface area contributed by atoms with Crippen molar-refractivity contribution in [2.75, 3.05) is 5.32 Å². The summed E-state index contributed by atoms with van der Waals surface area (Å²) in [6.07, 6.45) is 0. The van der Waals surface area contributed by atoms with Crippen molar-refractivity contribution in [3.8, 4) is 5.75 Å². The average Bonchev–Trinajstić information content (AvgIpc) is 2.51. The van der Waals surface area contributed by atoms with Crippen molar-refractivity contribution < 1.29 is 31.0 Å². The molecule has 0 saturated heterocycles. The van der Waals surface area contributed by atoms with Crippen molar-refractivity contribution in [3.05, 3.63) is 34.8 Å². The first kappa shape index (κ1) is 20.4. The highest BCUT2D eigenvalue weighted by Crippen LogP contribution is 2.37. The van der Waals surface area contributed by atoms with Crippen molar-refractivity contribution in [3.63, 3.8) is 0 Å². The molecule has 0 unspecified atom stereocenters. The Morgan fingerprint density at radius 1 is 0.857 bits per heavy atom. The summed E-state index contributed by atoms with van der Waals surface area (Å²) in [5, 5.41) is 11.4. The molecule has 0 amide bonds. The number of rotatable bonds is 4. The number of phenols is 1. The van der Waals surface area contributed by atoms with E-state index in [0.29, 0.717) is 0 Å². The number of phenolic OH excluding ortho intramolecular Hbond substituents is 1.